The number of para-hydroxylation sites is 1. The monoisotopic (exact) mass is 239 g/mol. The Bertz CT molecular complexity index is 520. The van der Waals surface area contributed by atoms with Crippen molar-refractivity contribution in [1.29, 1.82) is 0 Å². The highest BCUT2D eigenvalue weighted by atomic mass is 32.1. The fourth-order valence-corrected chi connectivity index (χ4v) is 1.55. The molecule has 0 atom stereocenters. The van der Waals surface area contributed by atoms with Crippen LogP contribution >= 0.6 is 12.6 Å². The summed E-state index contributed by atoms with van der Waals surface area (Å²) < 4.78 is 0. The van der Waals surface area contributed by atoms with Crippen LogP contribution in [0.1, 0.15) is 5.56 Å². The van der Waals surface area contributed by atoms with E-state index in [2.05, 4.69) is 29.8 Å². The average molecular weight is 239 g/mol. The molecule has 0 saturated carbocycles. The van der Waals surface area contributed by atoms with Gasteiger partial charge in [0.2, 0.25) is 0 Å². The van der Waals surface area contributed by atoms with Crippen LogP contribution in [0.25, 0.3) is 0 Å². The van der Waals surface area contributed by atoms with Gasteiger partial charge in [-0.05, 0) is 36.4 Å². The molecule has 0 radical (unpaired) electrons. The van der Waals surface area contributed by atoms with E-state index in [9.17, 15) is 0 Å². The zero-order chi connectivity index (χ0) is 11.9. The third-order valence-electron chi connectivity index (χ3n) is 2.26. The fraction of sp³-hybridized carbons (Fsp3) is 0.0667. The molecule has 0 heterocycles. The van der Waals surface area contributed by atoms with Crippen LogP contribution in [-0.4, -0.2) is 5.75 Å². The van der Waals surface area contributed by atoms with E-state index >= 15 is 0 Å². The van der Waals surface area contributed by atoms with Gasteiger partial charge in [-0.2, -0.15) is 12.6 Å². The average Bonchev–Trinajstić information content (AvgIpc) is 2.39. The molecule has 84 valence electrons. The summed E-state index contributed by atoms with van der Waals surface area (Å²) in [6.45, 7) is 0. The molecule has 0 aliphatic rings. The number of anilines is 2. The van der Waals surface area contributed by atoms with Crippen molar-refractivity contribution < 1.29 is 0 Å². The summed E-state index contributed by atoms with van der Waals surface area (Å²) in [5.41, 5.74) is 3.16. The quantitative estimate of drug-likeness (QED) is 0.601. The Morgan fingerprint density at radius 2 is 1.53 bits per heavy atom. The molecule has 0 bridgehead atoms. The third-order valence-corrected chi connectivity index (χ3v) is 2.42. The lowest BCUT2D eigenvalue weighted by Crippen LogP contribution is -1.89. The van der Waals surface area contributed by atoms with E-state index in [1.165, 1.54) is 0 Å². The summed E-state index contributed by atoms with van der Waals surface area (Å²) >= 11 is 4.05. The van der Waals surface area contributed by atoms with Crippen LogP contribution in [0.4, 0.5) is 11.4 Å². The maximum atomic E-state index is 4.05. The zero-order valence-electron chi connectivity index (χ0n) is 9.35. The summed E-state index contributed by atoms with van der Waals surface area (Å²) in [7, 11) is 0. The Labute approximate surface area is 107 Å². The van der Waals surface area contributed by atoms with Gasteiger partial charge < -0.3 is 5.32 Å². The lowest BCUT2D eigenvalue weighted by molar-refractivity contribution is 1.54. The van der Waals surface area contributed by atoms with Crippen LogP contribution in [0.3, 0.4) is 0 Å². The minimum Gasteiger partial charge on any atom is -0.356 e. The van der Waals surface area contributed by atoms with Crippen molar-refractivity contribution in [1.82, 2.24) is 0 Å². The number of hydrogen-bond acceptors (Lipinski definition) is 2. The molecule has 0 aliphatic heterocycles. The number of hydrogen-bond donors (Lipinski definition) is 2. The van der Waals surface area contributed by atoms with Gasteiger partial charge in [-0.15, -0.1) is 0 Å². The summed E-state index contributed by atoms with van der Waals surface area (Å²) in [5.74, 6) is 6.55. The molecule has 0 aliphatic carbocycles. The van der Waals surface area contributed by atoms with Crippen LogP contribution in [-0.2, 0) is 0 Å². The third kappa shape index (κ3) is 3.58. The van der Waals surface area contributed by atoms with Crippen LogP contribution in [0.5, 0.6) is 0 Å². The van der Waals surface area contributed by atoms with Gasteiger partial charge in [0.05, 0.1) is 5.75 Å². The predicted octanol–water partition coefficient (Wildman–Crippen LogP) is 3.71. The van der Waals surface area contributed by atoms with Crippen molar-refractivity contribution in [2.45, 2.75) is 0 Å². The number of nitrogens with one attached hydrogen (secondary N) is 1. The lowest BCUT2D eigenvalue weighted by atomic mass is 10.2. The largest absolute Gasteiger partial charge is 0.356 e. The van der Waals surface area contributed by atoms with E-state index < -0.39 is 0 Å². The first kappa shape index (κ1) is 11.6. The maximum absolute atomic E-state index is 4.05. The van der Waals surface area contributed by atoms with Gasteiger partial charge in [-0.3, -0.25) is 0 Å². The van der Waals surface area contributed by atoms with Crippen molar-refractivity contribution in [2.75, 3.05) is 11.1 Å². The maximum Gasteiger partial charge on any atom is 0.0521 e. The Balaban J connectivity index is 2.08. The molecule has 1 nitrogen and oxygen atoms in total. The molecular weight excluding hydrogens is 226 g/mol. The summed E-state index contributed by atoms with van der Waals surface area (Å²) in [6.07, 6.45) is 0. The molecule has 2 aromatic carbocycles. The second-order valence-corrected chi connectivity index (χ2v) is 3.84. The van der Waals surface area contributed by atoms with E-state index in [1.807, 2.05) is 54.6 Å². The predicted molar refractivity (Wildman–Crippen MR) is 76.9 cm³/mol. The molecule has 2 heteroatoms. The number of rotatable bonds is 2. The molecule has 0 spiro atoms. The smallest absolute Gasteiger partial charge is 0.0521 e. The van der Waals surface area contributed by atoms with Gasteiger partial charge in [0.15, 0.2) is 0 Å². The van der Waals surface area contributed by atoms with Crippen LogP contribution in [0, 0.1) is 11.8 Å². The summed E-state index contributed by atoms with van der Waals surface area (Å²) in [5, 5.41) is 3.32. The van der Waals surface area contributed by atoms with Crippen molar-refractivity contribution in [3.63, 3.8) is 0 Å². The minimum absolute atomic E-state index is 0.587. The number of benzene rings is 2. The Kier molecular flexibility index (Phi) is 4.12. The molecule has 2 aromatic rings. The summed E-state index contributed by atoms with van der Waals surface area (Å²) in [6, 6.07) is 18.1. The second kappa shape index (κ2) is 6.03. The molecule has 1 N–H and O–H groups in total. The first-order chi connectivity index (χ1) is 8.38. The molecule has 0 saturated heterocycles. The molecule has 17 heavy (non-hydrogen) atoms. The van der Waals surface area contributed by atoms with Gasteiger partial charge in [0.25, 0.3) is 0 Å². The molecule has 0 aromatic heterocycles. The van der Waals surface area contributed by atoms with E-state index in [0.29, 0.717) is 5.75 Å². The van der Waals surface area contributed by atoms with Crippen molar-refractivity contribution in [2.24, 2.45) is 0 Å². The molecular formula is C15H13NS. The zero-order valence-corrected chi connectivity index (χ0v) is 10.2. The van der Waals surface area contributed by atoms with Gasteiger partial charge in [0, 0.05) is 16.9 Å². The minimum atomic E-state index is 0.587. The Morgan fingerprint density at radius 1 is 0.882 bits per heavy atom. The highest BCUT2D eigenvalue weighted by Crippen LogP contribution is 2.16. The lowest BCUT2D eigenvalue weighted by Gasteiger charge is -2.05. The Morgan fingerprint density at radius 3 is 2.18 bits per heavy atom. The molecule has 0 fully saturated rings. The normalized spacial score (nSPS) is 9.24. The molecule has 0 unspecified atom stereocenters. The second-order valence-electron chi connectivity index (χ2n) is 3.53. The fourth-order valence-electron chi connectivity index (χ4n) is 1.47. The first-order valence-corrected chi connectivity index (χ1v) is 6.03. The summed E-state index contributed by atoms with van der Waals surface area (Å²) in [4.78, 5) is 0. The van der Waals surface area contributed by atoms with Crippen molar-refractivity contribution in [3.05, 3.63) is 60.2 Å². The highest BCUT2D eigenvalue weighted by molar-refractivity contribution is 7.80. The molecule has 0 amide bonds. The number of thiol groups is 1. The van der Waals surface area contributed by atoms with E-state index in [-0.39, 0.29) is 0 Å². The van der Waals surface area contributed by atoms with Gasteiger partial charge in [0.1, 0.15) is 0 Å². The van der Waals surface area contributed by atoms with Crippen LogP contribution < -0.4 is 5.32 Å². The van der Waals surface area contributed by atoms with E-state index in [4.69, 9.17) is 0 Å². The van der Waals surface area contributed by atoms with E-state index in [1.54, 1.807) is 0 Å². The standard InChI is InChI=1S/C15H13NS/c17-12-4-5-13-8-10-15(11-9-13)16-14-6-2-1-3-7-14/h1-3,6-11,16-17H,12H2. The van der Waals surface area contributed by atoms with Gasteiger partial charge in [-0.1, -0.05) is 30.0 Å². The van der Waals surface area contributed by atoms with Crippen molar-refractivity contribution >= 4 is 24.0 Å². The highest BCUT2D eigenvalue weighted by Gasteiger charge is 1.93. The first-order valence-electron chi connectivity index (χ1n) is 5.40. The topological polar surface area (TPSA) is 12.0 Å². The van der Waals surface area contributed by atoms with Gasteiger partial charge >= 0.3 is 0 Å². The van der Waals surface area contributed by atoms with Gasteiger partial charge in [-0.25, -0.2) is 0 Å². The van der Waals surface area contributed by atoms with E-state index in [0.717, 1.165) is 16.9 Å². The molecule has 2 rings (SSSR count). The Hall–Kier alpha value is -1.85. The van der Waals surface area contributed by atoms with Crippen LogP contribution in [0.15, 0.2) is 54.6 Å². The SMILES string of the molecule is SCC#Cc1ccc(Nc2ccccc2)cc1. The van der Waals surface area contributed by atoms with Crippen molar-refractivity contribution in [3.8, 4) is 11.8 Å². The van der Waals surface area contributed by atoms with Crippen LogP contribution in [0.2, 0.25) is 0 Å².